The predicted molar refractivity (Wildman–Crippen MR) is 116 cm³/mol. The molecule has 1 fully saturated rings. The second-order valence-corrected chi connectivity index (χ2v) is 8.11. The Balaban J connectivity index is 1.59. The van der Waals surface area contributed by atoms with Crippen LogP contribution in [-0.4, -0.2) is 28.8 Å². The molecular formula is C25H25NO5. The highest BCUT2D eigenvalue weighted by Gasteiger charge is 2.64. The average Bonchev–Trinajstić information content (AvgIpc) is 3.51. The largest absolute Gasteiger partial charge is 0.508 e. The van der Waals surface area contributed by atoms with E-state index in [0.717, 1.165) is 27.5 Å². The molecule has 1 aliphatic carbocycles. The van der Waals surface area contributed by atoms with Gasteiger partial charge in [0.25, 0.3) is 0 Å². The van der Waals surface area contributed by atoms with E-state index >= 15 is 0 Å². The lowest BCUT2D eigenvalue weighted by Gasteiger charge is -2.17. The third-order valence-electron chi connectivity index (χ3n) is 6.06. The molecule has 0 spiro atoms. The molecule has 6 heteroatoms. The molecule has 0 heterocycles. The number of amides is 1. The molecular weight excluding hydrogens is 394 g/mol. The van der Waals surface area contributed by atoms with Crippen molar-refractivity contribution in [3.05, 3.63) is 77.4 Å². The SMILES string of the molecule is CCOC(=O)[C@@]1(Cc2ccc(O)c(Cc3ccc4ccccc4c3)c2)C[C@@H]1C(=O)NO. The van der Waals surface area contributed by atoms with Crippen LogP contribution >= 0.6 is 0 Å². The summed E-state index contributed by atoms with van der Waals surface area (Å²) in [4.78, 5) is 24.5. The smallest absolute Gasteiger partial charge is 0.313 e. The number of aromatic hydroxyl groups is 1. The fourth-order valence-corrected chi connectivity index (χ4v) is 4.32. The van der Waals surface area contributed by atoms with Crippen LogP contribution in [-0.2, 0) is 27.2 Å². The Kier molecular flexibility index (Phi) is 5.65. The van der Waals surface area contributed by atoms with Crippen molar-refractivity contribution in [2.75, 3.05) is 6.61 Å². The Morgan fingerprint density at radius 1 is 1.06 bits per heavy atom. The molecule has 0 aliphatic heterocycles. The van der Waals surface area contributed by atoms with Crippen molar-refractivity contribution in [1.29, 1.82) is 0 Å². The standard InChI is InChI=1S/C25H25NO5/c1-2-31-24(29)25(15-21(25)23(28)26-30)14-17-8-10-22(27)20(13-17)12-16-7-9-18-5-3-4-6-19(18)11-16/h3-11,13,21,27,30H,2,12,14-15H2,1H3,(H,26,28)/t21-,25+/m1/s1. The first-order valence-corrected chi connectivity index (χ1v) is 10.4. The van der Waals surface area contributed by atoms with Crippen LogP contribution in [0, 0.1) is 11.3 Å². The van der Waals surface area contributed by atoms with Crippen LogP contribution in [0.1, 0.15) is 30.0 Å². The third kappa shape index (κ3) is 4.11. The van der Waals surface area contributed by atoms with Gasteiger partial charge in [-0.25, -0.2) is 5.48 Å². The maximum absolute atomic E-state index is 12.6. The van der Waals surface area contributed by atoms with Crippen molar-refractivity contribution in [2.24, 2.45) is 11.3 Å². The Morgan fingerprint density at radius 2 is 1.81 bits per heavy atom. The van der Waals surface area contributed by atoms with Crippen LogP contribution in [0.15, 0.2) is 60.7 Å². The summed E-state index contributed by atoms with van der Waals surface area (Å²) in [7, 11) is 0. The second kappa shape index (κ2) is 8.40. The highest BCUT2D eigenvalue weighted by Crippen LogP contribution is 2.56. The molecule has 6 nitrogen and oxygen atoms in total. The number of phenols is 1. The Labute approximate surface area is 180 Å². The van der Waals surface area contributed by atoms with Crippen LogP contribution in [0.3, 0.4) is 0 Å². The van der Waals surface area contributed by atoms with Gasteiger partial charge in [-0.15, -0.1) is 0 Å². The van der Waals surface area contributed by atoms with E-state index in [1.165, 1.54) is 0 Å². The van der Waals surface area contributed by atoms with Gasteiger partial charge >= 0.3 is 5.97 Å². The molecule has 4 rings (SSSR count). The summed E-state index contributed by atoms with van der Waals surface area (Å²) in [5, 5.41) is 21.7. The zero-order chi connectivity index (χ0) is 22.0. The van der Waals surface area contributed by atoms with Crippen LogP contribution in [0.25, 0.3) is 10.8 Å². The molecule has 160 valence electrons. The lowest BCUT2D eigenvalue weighted by molar-refractivity contribution is -0.152. The third-order valence-corrected chi connectivity index (χ3v) is 6.06. The van der Waals surface area contributed by atoms with E-state index in [2.05, 4.69) is 24.3 Å². The van der Waals surface area contributed by atoms with Gasteiger partial charge in [0.15, 0.2) is 0 Å². The van der Waals surface area contributed by atoms with Crippen molar-refractivity contribution >= 4 is 22.6 Å². The molecule has 3 aromatic carbocycles. The van der Waals surface area contributed by atoms with Crippen molar-refractivity contribution < 1.29 is 24.6 Å². The van der Waals surface area contributed by atoms with Crippen molar-refractivity contribution in [1.82, 2.24) is 5.48 Å². The van der Waals surface area contributed by atoms with Crippen molar-refractivity contribution in [2.45, 2.75) is 26.2 Å². The molecule has 1 aliphatic rings. The number of carbonyl (C=O) groups is 2. The van der Waals surface area contributed by atoms with Crippen LogP contribution < -0.4 is 5.48 Å². The maximum atomic E-state index is 12.6. The van der Waals surface area contributed by atoms with Gasteiger partial charge in [-0.2, -0.15) is 0 Å². The molecule has 0 unspecified atom stereocenters. The Hall–Kier alpha value is -3.38. The van der Waals surface area contributed by atoms with E-state index < -0.39 is 23.2 Å². The number of hydrogen-bond donors (Lipinski definition) is 3. The minimum atomic E-state index is -0.986. The molecule has 3 aromatic rings. The minimum Gasteiger partial charge on any atom is -0.508 e. The van der Waals surface area contributed by atoms with E-state index in [1.807, 2.05) is 24.3 Å². The summed E-state index contributed by atoms with van der Waals surface area (Å²) in [6.45, 7) is 1.94. The quantitative estimate of drug-likeness (QED) is 0.308. The number of phenolic OH excluding ortho intramolecular Hbond substituents is 1. The van der Waals surface area contributed by atoms with E-state index in [0.29, 0.717) is 19.3 Å². The van der Waals surface area contributed by atoms with Crippen LogP contribution in [0.5, 0.6) is 5.75 Å². The highest BCUT2D eigenvalue weighted by atomic mass is 16.5. The minimum absolute atomic E-state index is 0.183. The van der Waals surface area contributed by atoms with Crippen LogP contribution in [0.2, 0.25) is 0 Å². The Morgan fingerprint density at radius 3 is 2.55 bits per heavy atom. The number of carbonyl (C=O) groups excluding carboxylic acids is 2. The summed E-state index contributed by atoms with van der Waals surface area (Å²) >= 11 is 0. The van der Waals surface area contributed by atoms with Crippen LogP contribution in [0.4, 0.5) is 0 Å². The highest BCUT2D eigenvalue weighted by molar-refractivity contribution is 5.93. The van der Waals surface area contributed by atoms with Gasteiger partial charge in [0.1, 0.15) is 5.75 Å². The molecule has 1 saturated carbocycles. The molecule has 0 aromatic heterocycles. The second-order valence-electron chi connectivity index (χ2n) is 8.11. The molecule has 1 amide bonds. The van der Waals surface area contributed by atoms with E-state index in [-0.39, 0.29) is 12.4 Å². The molecule has 3 N–H and O–H groups in total. The number of nitrogens with one attached hydrogen (secondary N) is 1. The zero-order valence-corrected chi connectivity index (χ0v) is 17.3. The fourth-order valence-electron chi connectivity index (χ4n) is 4.32. The van der Waals surface area contributed by atoms with Crippen molar-refractivity contribution in [3.8, 4) is 5.75 Å². The first kappa shape index (κ1) is 20.9. The summed E-state index contributed by atoms with van der Waals surface area (Å²) in [6, 6.07) is 19.5. The molecule has 31 heavy (non-hydrogen) atoms. The summed E-state index contributed by atoms with van der Waals surface area (Å²) in [6.07, 6.45) is 1.16. The monoisotopic (exact) mass is 419 g/mol. The number of hydrogen-bond acceptors (Lipinski definition) is 5. The number of benzene rings is 3. The van der Waals surface area contributed by atoms with Crippen molar-refractivity contribution in [3.63, 3.8) is 0 Å². The summed E-state index contributed by atoms with van der Waals surface area (Å²) < 4.78 is 5.21. The van der Waals surface area contributed by atoms with E-state index in [1.54, 1.807) is 24.5 Å². The molecule has 0 bridgehead atoms. The maximum Gasteiger partial charge on any atom is 0.313 e. The Bertz CT molecular complexity index is 1140. The molecule has 2 atom stereocenters. The topological polar surface area (TPSA) is 95.9 Å². The normalized spacial score (nSPS) is 19.7. The van der Waals surface area contributed by atoms with Gasteiger partial charge in [-0.1, -0.05) is 54.6 Å². The number of fused-ring (bicyclic) bond motifs is 1. The van der Waals surface area contributed by atoms with E-state index in [4.69, 9.17) is 9.94 Å². The summed E-state index contributed by atoms with van der Waals surface area (Å²) in [5.74, 6) is -1.46. The van der Waals surface area contributed by atoms with Gasteiger partial charge in [0.05, 0.1) is 17.9 Å². The summed E-state index contributed by atoms with van der Waals surface area (Å²) in [5.41, 5.74) is 3.30. The fraction of sp³-hybridized carbons (Fsp3) is 0.280. The lowest BCUT2D eigenvalue weighted by atomic mass is 9.91. The lowest BCUT2D eigenvalue weighted by Crippen LogP contribution is -2.30. The molecule has 0 radical (unpaired) electrons. The number of hydroxylamine groups is 1. The van der Waals surface area contributed by atoms with Gasteiger partial charge in [0, 0.05) is 6.42 Å². The van der Waals surface area contributed by atoms with Gasteiger partial charge in [0.2, 0.25) is 5.91 Å². The number of esters is 1. The zero-order valence-electron chi connectivity index (χ0n) is 17.3. The van der Waals surface area contributed by atoms with Gasteiger partial charge < -0.3 is 9.84 Å². The number of ether oxygens (including phenoxy) is 1. The first-order valence-electron chi connectivity index (χ1n) is 10.4. The first-order chi connectivity index (χ1) is 15.0. The van der Waals surface area contributed by atoms with Gasteiger partial charge in [-0.05, 0) is 53.3 Å². The molecule has 0 saturated heterocycles. The van der Waals surface area contributed by atoms with Gasteiger partial charge in [-0.3, -0.25) is 14.8 Å². The van der Waals surface area contributed by atoms with E-state index in [9.17, 15) is 14.7 Å². The number of rotatable bonds is 7. The predicted octanol–water partition coefficient (Wildman–Crippen LogP) is 3.75. The average molecular weight is 419 g/mol.